The number of anilines is 2. The Kier molecular flexibility index (Phi) is 3.85. The maximum absolute atomic E-state index is 13.5. The van der Waals surface area contributed by atoms with Gasteiger partial charge in [-0.15, -0.1) is 0 Å². The highest BCUT2D eigenvalue weighted by atomic mass is 79.9. The summed E-state index contributed by atoms with van der Waals surface area (Å²) in [6, 6.07) is 9.44. The van der Waals surface area contributed by atoms with Gasteiger partial charge in [0.05, 0.1) is 11.3 Å². The van der Waals surface area contributed by atoms with Gasteiger partial charge in [0.1, 0.15) is 5.82 Å². The van der Waals surface area contributed by atoms with E-state index in [2.05, 4.69) is 21.2 Å². The van der Waals surface area contributed by atoms with Crippen LogP contribution in [0.15, 0.2) is 40.9 Å². The van der Waals surface area contributed by atoms with Crippen LogP contribution in [0.3, 0.4) is 0 Å². The van der Waals surface area contributed by atoms with E-state index in [9.17, 15) is 9.18 Å². The van der Waals surface area contributed by atoms with Crippen LogP contribution in [-0.2, 0) is 0 Å². The van der Waals surface area contributed by atoms with Crippen LogP contribution in [-0.4, -0.2) is 5.91 Å². The zero-order valence-corrected chi connectivity index (χ0v) is 11.8. The van der Waals surface area contributed by atoms with Crippen LogP contribution >= 0.6 is 15.9 Å². The Balaban J connectivity index is 2.28. The molecule has 0 saturated heterocycles. The van der Waals surface area contributed by atoms with Crippen molar-refractivity contribution in [3.8, 4) is 0 Å². The average molecular weight is 323 g/mol. The number of carbonyl (C=O) groups is 1. The Morgan fingerprint density at radius 1 is 1.26 bits per heavy atom. The zero-order chi connectivity index (χ0) is 14.0. The summed E-state index contributed by atoms with van der Waals surface area (Å²) in [5.74, 6) is -0.934. The van der Waals surface area contributed by atoms with E-state index in [0.717, 1.165) is 5.56 Å². The number of aryl methyl sites for hydroxylation is 1. The van der Waals surface area contributed by atoms with Gasteiger partial charge in [-0.05, 0) is 42.8 Å². The maximum Gasteiger partial charge on any atom is 0.257 e. The van der Waals surface area contributed by atoms with Crippen LogP contribution in [0.2, 0.25) is 0 Å². The van der Waals surface area contributed by atoms with Crippen molar-refractivity contribution in [2.75, 3.05) is 11.1 Å². The van der Waals surface area contributed by atoms with Crippen LogP contribution in [0.1, 0.15) is 15.9 Å². The van der Waals surface area contributed by atoms with Gasteiger partial charge in [-0.2, -0.15) is 0 Å². The highest BCUT2D eigenvalue weighted by Crippen LogP contribution is 2.22. The second-order valence-electron chi connectivity index (χ2n) is 4.17. The molecule has 98 valence electrons. The summed E-state index contributed by atoms with van der Waals surface area (Å²) in [5.41, 5.74) is 7.54. The van der Waals surface area contributed by atoms with Crippen molar-refractivity contribution < 1.29 is 9.18 Å². The molecule has 0 aliphatic carbocycles. The molecule has 0 radical (unpaired) electrons. The topological polar surface area (TPSA) is 55.1 Å². The van der Waals surface area contributed by atoms with Gasteiger partial charge in [0.2, 0.25) is 0 Å². The lowest BCUT2D eigenvalue weighted by Crippen LogP contribution is -2.15. The van der Waals surface area contributed by atoms with Crippen molar-refractivity contribution in [1.82, 2.24) is 0 Å². The van der Waals surface area contributed by atoms with Crippen LogP contribution in [0.5, 0.6) is 0 Å². The normalized spacial score (nSPS) is 10.3. The Labute approximate surface area is 118 Å². The van der Waals surface area contributed by atoms with E-state index in [0.29, 0.717) is 15.7 Å². The van der Waals surface area contributed by atoms with Gasteiger partial charge in [-0.3, -0.25) is 4.79 Å². The summed E-state index contributed by atoms with van der Waals surface area (Å²) in [6.07, 6.45) is 0. The number of nitrogens with two attached hydrogens (primary N) is 1. The number of carbonyl (C=O) groups excluding carboxylic acids is 1. The third-order valence-electron chi connectivity index (χ3n) is 2.63. The quantitative estimate of drug-likeness (QED) is 0.828. The van der Waals surface area contributed by atoms with E-state index in [-0.39, 0.29) is 5.69 Å². The first-order chi connectivity index (χ1) is 8.97. The fraction of sp³-hybridized carbons (Fsp3) is 0.0714. The third kappa shape index (κ3) is 3.12. The molecule has 0 aliphatic heterocycles. The van der Waals surface area contributed by atoms with Gasteiger partial charge in [0.25, 0.3) is 5.91 Å². The number of nitrogen functional groups attached to an aromatic ring is 1. The summed E-state index contributed by atoms with van der Waals surface area (Å²) in [4.78, 5) is 12.0. The molecule has 2 aromatic carbocycles. The molecule has 0 spiro atoms. The Bertz CT molecular complexity index is 643. The first-order valence-corrected chi connectivity index (χ1v) is 6.39. The molecule has 1 amide bonds. The van der Waals surface area contributed by atoms with Crippen molar-refractivity contribution in [1.29, 1.82) is 0 Å². The highest BCUT2D eigenvalue weighted by molar-refractivity contribution is 9.10. The largest absolute Gasteiger partial charge is 0.398 e. The number of halogens is 2. The van der Waals surface area contributed by atoms with Crippen molar-refractivity contribution >= 4 is 33.2 Å². The molecule has 0 bridgehead atoms. The van der Waals surface area contributed by atoms with E-state index in [4.69, 9.17) is 5.73 Å². The standard InChI is InChI=1S/C14H12BrFN2O/c1-8-2-4-10(12(17)6-8)14(19)18-13-7-9(15)3-5-11(13)16/h2-7H,17H2,1H3,(H,18,19). The van der Waals surface area contributed by atoms with E-state index < -0.39 is 11.7 Å². The first kappa shape index (κ1) is 13.5. The summed E-state index contributed by atoms with van der Waals surface area (Å²) < 4.78 is 14.2. The molecule has 0 aliphatic rings. The molecule has 0 heterocycles. The van der Waals surface area contributed by atoms with Crippen LogP contribution in [0.25, 0.3) is 0 Å². The summed E-state index contributed by atoms with van der Waals surface area (Å²) in [7, 11) is 0. The van der Waals surface area contributed by atoms with Gasteiger partial charge >= 0.3 is 0 Å². The molecule has 19 heavy (non-hydrogen) atoms. The lowest BCUT2D eigenvalue weighted by atomic mass is 10.1. The molecule has 3 N–H and O–H groups in total. The summed E-state index contributed by atoms with van der Waals surface area (Å²) in [6.45, 7) is 1.88. The number of rotatable bonds is 2. The Morgan fingerprint density at radius 2 is 2.00 bits per heavy atom. The molecule has 0 fully saturated rings. The fourth-order valence-corrected chi connectivity index (χ4v) is 2.03. The second kappa shape index (κ2) is 5.40. The molecule has 0 aromatic heterocycles. The summed E-state index contributed by atoms with van der Waals surface area (Å²) >= 11 is 3.22. The predicted octanol–water partition coefficient (Wildman–Crippen LogP) is 3.73. The van der Waals surface area contributed by atoms with E-state index in [1.54, 1.807) is 24.3 Å². The van der Waals surface area contributed by atoms with E-state index in [1.807, 2.05) is 6.92 Å². The van der Waals surface area contributed by atoms with Crippen LogP contribution in [0, 0.1) is 12.7 Å². The molecule has 0 saturated carbocycles. The molecule has 0 atom stereocenters. The predicted molar refractivity (Wildman–Crippen MR) is 77.6 cm³/mol. The molecule has 5 heteroatoms. The van der Waals surface area contributed by atoms with Gasteiger partial charge in [-0.25, -0.2) is 4.39 Å². The zero-order valence-electron chi connectivity index (χ0n) is 10.2. The van der Waals surface area contributed by atoms with Gasteiger partial charge in [-0.1, -0.05) is 22.0 Å². The minimum atomic E-state index is -0.498. The Morgan fingerprint density at radius 3 is 2.68 bits per heavy atom. The molecule has 2 aromatic rings. The monoisotopic (exact) mass is 322 g/mol. The number of nitrogens with one attached hydrogen (secondary N) is 1. The molecule has 2 rings (SSSR count). The van der Waals surface area contributed by atoms with Crippen LogP contribution < -0.4 is 11.1 Å². The van der Waals surface area contributed by atoms with Gasteiger partial charge < -0.3 is 11.1 Å². The van der Waals surface area contributed by atoms with Crippen molar-refractivity contribution in [3.63, 3.8) is 0 Å². The number of hydrogen-bond acceptors (Lipinski definition) is 2. The Hall–Kier alpha value is -1.88. The van der Waals surface area contributed by atoms with E-state index >= 15 is 0 Å². The number of benzene rings is 2. The average Bonchev–Trinajstić information content (AvgIpc) is 2.33. The van der Waals surface area contributed by atoms with Crippen molar-refractivity contribution in [2.24, 2.45) is 0 Å². The van der Waals surface area contributed by atoms with Crippen molar-refractivity contribution in [3.05, 3.63) is 57.8 Å². The maximum atomic E-state index is 13.5. The molecule has 0 unspecified atom stereocenters. The first-order valence-electron chi connectivity index (χ1n) is 5.60. The second-order valence-corrected chi connectivity index (χ2v) is 5.08. The third-order valence-corrected chi connectivity index (χ3v) is 3.12. The smallest absolute Gasteiger partial charge is 0.257 e. The summed E-state index contributed by atoms with van der Waals surface area (Å²) in [5, 5.41) is 2.50. The van der Waals surface area contributed by atoms with Gasteiger partial charge in [0, 0.05) is 10.2 Å². The molecular weight excluding hydrogens is 311 g/mol. The number of hydrogen-bond donors (Lipinski definition) is 2. The minimum absolute atomic E-state index is 0.111. The van der Waals surface area contributed by atoms with Gasteiger partial charge in [0.15, 0.2) is 0 Å². The highest BCUT2D eigenvalue weighted by Gasteiger charge is 2.12. The fourth-order valence-electron chi connectivity index (χ4n) is 1.67. The lowest BCUT2D eigenvalue weighted by Gasteiger charge is -2.09. The SMILES string of the molecule is Cc1ccc(C(=O)Nc2cc(Br)ccc2F)c(N)c1. The van der Waals surface area contributed by atoms with E-state index in [1.165, 1.54) is 12.1 Å². The van der Waals surface area contributed by atoms with Crippen molar-refractivity contribution in [2.45, 2.75) is 6.92 Å². The number of amides is 1. The molecular formula is C14H12BrFN2O. The minimum Gasteiger partial charge on any atom is -0.398 e. The lowest BCUT2D eigenvalue weighted by molar-refractivity contribution is 0.102. The molecule has 3 nitrogen and oxygen atoms in total. The van der Waals surface area contributed by atoms with Crippen LogP contribution in [0.4, 0.5) is 15.8 Å².